The van der Waals surface area contributed by atoms with Gasteiger partial charge in [-0.2, -0.15) is 0 Å². The highest BCUT2D eigenvalue weighted by atomic mass is 32.1. The third-order valence-electron chi connectivity index (χ3n) is 3.16. The van der Waals surface area contributed by atoms with Crippen molar-refractivity contribution in [1.29, 1.82) is 0 Å². The Bertz CT molecular complexity index is 557. The molecule has 0 aliphatic rings. The molecular formula is C17H23NOS. The molecule has 2 nitrogen and oxygen atoms in total. The summed E-state index contributed by atoms with van der Waals surface area (Å²) in [6.07, 6.45) is 0.212. The Morgan fingerprint density at radius 1 is 1.05 bits per heavy atom. The van der Waals surface area contributed by atoms with Crippen molar-refractivity contribution in [2.75, 3.05) is 5.32 Å². The van der Waals surface area contributed by atoms with Gasteiger partial charge in [-0.25, -0.2) is 0 Å². The van der Waals surface area contributed by atoms with E-state index in [1.54, 1.807) is 0 Å². The van der Waals surface area contributed by atoms with E-state index in [1.165, 1.54) is 15.3 Å². The van der Waals surface area contributed by atoms with Crippen LogP contribution in [0, 0.1) is 13.8 Å². The van der Waals surface area contributed by atoms with Gasteiger partial charge < -0.3 is 10.1 Å². The summed E-state index contributed by atoms with van der Waals surface area (Å²) >= 11 is 1.86. The summed E-state index contributed by atoms with van der Waals surface area (Å²) in [7, 11) is 0. The molecule has 2 aromatic rings. The zero-order valence-electron chi connectivity index (χ0n) is 12.9. The molecule has 1 heterocycles. The summed E-state index contributed by atoms with van der Waals surface area (Å²) in [5, 5.41) is 3.54. The van der Waals surface area contributed by atoms with E-state index in [0.717, 1.165) is 11.4 Å². The molecule has 0 bridgehead atoms. The van der Waals surface area contributed by atoms with Crippen LogP contribution in [0.4, 0.5) is 5.69 Å². The standard InChI is InChI=1S/C17H23NOS/c1-11(2)19-16-8-6-15(7-9-16)18-13(4)17-10-12(3)20-14(17)5/h6-11,13,18H,1-5H3. The number of thiophene rings is 1. The molecule has 1 aromatic heterocycles. The van der Waals surface area contributed by atoms with Gasteiger partial charge in [-0.15, -0.1) is 11.3 Å². The van der Waals surface area contributed by atoms with Gasteiger partial charge in [0.05, 0.1) is 6.10 Å². The number of hydrogen-bond donors (Lipinski definition) is 1. The number of hydrogen-bond acceptors (Lipinski definition) is 3. The highest BCUT2D eigenvalue weighted by Gasteiger charge is 2.11. The van der Waals surface area contributed by atoms with Crippen LogP contribution in [0.3, 0.4) is 0 Å². The maximum Gasteiger partial charge on any atom is 0.119 e. The average molecular weight is 289 g/mol. The maximum absolute atomic E-state index is 5.66. The van der Waals surface area contributed by atoms with Crippen LogP contribution in [0.25, 0.3) is 0 Å². The molecule has 0 aliphatic carbocycles. The molecule has 0 saturated heterocycles. The van der Waals surface area contributed by atoms with Crippen LogP contribution in [-0.4, -0.2) is 6.10 Å². The fourth-order valence-corrected chi connectivity index (χ4v) is 3.33. The van der Waals surface area contributed by atoms with Gasteiger partial charge in [0, 0.05) is 21.5 Å². The predicted octanol–water partition coefficient (Wildman–Crippen LogP) is 5.33. The van der Waals surface area contributed by atoms with Gasteiger partial charge in [0.25, 0.3) is 0 Å². The van der Waals surface area contributed by atoms with Crippen LogP contribution in [0.5, 0.6) is 5.75 Å². The monoisotopic (exact) mass is 289 g/mol. The van der Waals surface area contributed by atoms with Gasteiger partial charge in [0.2, 0.25) is 0 Å². The number of aryl methyl sites for hydroxylation is 2. The first-order chi connectivity index (χ1) is 9.45. The van der Waals surface area contributed by atoms with E-state index in [4.69, 9.17) is 4.74 Å². The summed E-state index contributed by atoms with van der Waals surface area (Å²) in [4.78, 5) is 2.76. The molecular weight excluding hydrogens is 266 g/mol. The van der Waals surface area contributed by atoms with Crippen molar-refractivity contribution in [1.82, 2.24) is 0 Å². The van der Waals surface area contributed by atoms with Crippen molar-refractivity contribution >= 4 is 17.0 Å². The summed E-state index contributed by atoms with van der Waals surface area (Å²) in [6.45, 7) is 10.6. The summed E-state index contributed by atoms with van der Waals surface area (Å²) in [5.74, 6) is 0.917. The summed E-state index contributed by atoms with van der Waals surface area (Å²) in [6, 6.07) is 10.8. The zero-order chi connectivity index (χ0) is 14.7. The van der Waals surface area contributed by atoms with E-state index in [1.807, 2.05) is 37.3 Å². The smallest absolute Gasteiger partial charge is 0.119 e. The van der Waals surface area contributed by atoms with Gasteiger partial charge in [0.15, 0.2) is 0 Å². The van der Waals surface area contributed by atoms with Gasteiger partial charge >= 0.3 is 0 Å². The minimum atomic E-state index is 0.212. The molecule has 0 spiro atoms. The van der Waals surface area contributed by atoms with E-state index >= 15 is 0 Å². The molecule has 1 aromatic carbocycles. The van der Waals surface area contributed by atoms with Crippen LogP contribution < -0.4 is 10.1 Å². The van der Waals surface area contributed by atoms with Gasteiger partial charge in [-0.3, -0.25) is 0 Å². The van der Waals surface area contributed by atoms with Crippen LogP contribution in [0.15, 0.2) is 30.3 Å². The minimum Gasteiger partial charge on any atom is -0.491 e. The second kappa shape index (κ2) is 6.31. The summed E-state index contributed by atoms with van der Waals surface area (Å²) < 4.78 is 5.66. The van der Waals surface area contributed by atoms with Crippen LogP contribution in [0.1, 0.15) is 42.1 Å². The highest BCUT2D eigenvalue weighted by molar-refractivity contribution is 7.12. The first kappa shape index (κ1) is 14.9. The lowest BCUT2D eigenvalue weighted by atomic mass is 10.1. The third kappa shape index (κ3) is 3.76. The Morgan fingerprint density at radius 2 is 1.70 bits per heavy atom. The molecule has 0 amide bonds. The Morgan fingerprint density at radius 3 is 2.20 bits per heavy atom. The van der Waals surface area contributed by atoms with Gasteiger partial charge in [-0.05, 0) is 70.5 Å². The number of anilines is 1. The van der Waals surface area contributed by atoms with Crippen molar-refractivity contribution in [3.05, 3.63) is 45.6 Å². The number of nitrogens with one attached hydrogen (secondary N) is 1. The van der Waals surface area contributed by atoms with Crippen molar-refractivity contribution in [2.24, 2.45) is 0 Å². The summed E-state index contributed by atoms with van der Waals surface area (Å²) in [5.41, 5.74) is 2.51. The average Bonchev–Trinajstić information content (AvgIpc) is 2.70. The van der Waals surface area contributed by atoms with Crippen LogP contribution >= 0.6 is 11.3 Å². The molecule has 1 N–H and O–H groups in total. The molecule has 2 rings (SSSR count). The second-order valence-corrected chi connectivity index (χ2v) is 6.89. The molecule has 1 unspecified atom stereocenters. The van der Waals surface area contributed by atoms with E-state index in [2.05, 4.69) is 44.3 Å². The molecule has 0 saturated carbocycles. The molecule has 0 fully saturated rings. The Balaban J connectivity index is 2.04. The fourth-order valence-electron chi connectivity index (χ4n) is 2.31. The highest BCUT2D eigenvalue weighted by Crippen LogP contribution is 2.29. The third-order valence-corrected chi connectivity index (χ3v) is 4.14. The lowest BCUT2D eigenvalue weighted by molar-refractivity contribution is 0.242. The molecule has 20 heavy (non-hydrogen) atoms. The SMILES string of the molecule is Cc1cc(C(C)Nc2ccc(OC(C)C)cc2)c(C)s1. The van der Waals surface area contributed by atoms with Crippen molar-refractivity contribution < 1.29 is 4.74 Å². The first-order valence-corrected chi connectivity index (χ1v) is 7.87. The van der Waals surface area contributed by atoms with Crippen LogP contribution in [-0.2, 0) is 0 Å². The molecule has 1 atom stereocenters. The molecule has 0 aliphatic heterocycles. The number of ether oxygens (including phenoxy) is 1. The number of benzene rings is 1. The number of rotatable bonds is 5. The van der Waals surface area contributed by atoms with Crippen LogP contribution in [0.2, 0.25) is 0 Å². The van der Waals surface area contributed by atoms with E-state index < -0.39 is 0 Å². The first-order valence-electron chi connectivity index (χ1n) is 7.06. The van der Waals surface area contributed by atoms with E-state index in [9.17, 15) is 0 Å². The largest absolute Gasteiger partial charge is 0.491 e. The Kier molecular flexibility index (Phi) is 4.71. The lowest BCUT2D eigenvalue weighted by Gasteiger charge is -2.16. The minimum absolute atomic E-state index is 0.212. The lowest BCUT2D eigenvalue weighted by Crippen LogP contribution is -2.07. The van der Waals surface area contributed by atoms with Crippen molar-refractivity contribution in [2.45, 2.75) is 46.8 Å². The van der Waals surface area contributed by atoms with E-state index in [-0.39, 0.29) is 6.10 Å². The van der Waals surface area contributed by atoms with Gasteiger partial charge in [-0.1, -0.05) is 0 Å². The second-order valence-electron chi connectivity index (χ2n) is 5.43. The van der Waals surface area contributed by atoms with Gasteiger partial charge in [0.1, 0.15) is 5.75 Å². The van der Waals surface area contributed by atoms with Crippen molar-refractivity contribution in [3.63, 3.8) is 0 Å². The Hall–Kier alpha value is -1.48. The quantitative estimate of drug-likeness (QED) is 0.803. The molecule has 0 radical (unpaired) electrons. The maximum atomic E-state index is 5.66. The van der Waals surface area contributed by atoms with Crippen molar-refractivity contribution in [3.8, 4) is 5.75 Å². The normalized spacial score (nSPS) is 12.5. The Labute approximate surface area is 125 Å². The topological polar surface area (TPSA) is 21.3 Å². The van der Waals surface area contributed by atoms with E-state index in [0.29, 0.717) is 6.04 Å². The fraction of sp³-hybridized carbons (Fsp3) is 0.412. The zero-order valence-corrected chi connectivity index (χ0v) is 13.7. The predicted molar refractivity (Wildman–Crippen MR) is 88.0 cm³/mol. The molecule has 3 heteroatoms. The molecule has 108 valence electrons.